The van der Waals surface area contributed by atoms with Crippen LogP contribution < -0.4 is 21.3 Å². The highest BCUT2D eigenvalue weighted by atomic mass is 32.2. The lowest BCUT2D eigenvalue weighted by molar-refractivity contribution is -0.130. The fourth-order valence-electron chi connectivity index (χ4n) is 5.50. The Hall–Kier alpha value is -2.21. The number of unbranched alkanes of at least 4 members (excludes halogenated alkanes) is 18. The second-order valence-electron chi connectivity index (χ2n) is 13.2. The van der Waals surface area contributed by atoms with Crippen molar-refractivity contribution >= 4 is 33.7 Å². The van der Waals surface area contributed by atoms with Crippen molar-refractivity contribution in [2.45, 2.75) is 180 Å². The fraction of sp³-hybridized carbons (Fsp3) is 0.889. The van der Waals surface area contributed by atoms with E-state index in [0.717, 1.165) is 32.1 Å². The van der Waals surface area contributed by atoms with Crippen LogP contribution >= 0.6 is 0 Å². The molecule has 0 fully saturated rings. The summed E-state index contributed by atoms with van der Waals surface area (Å²) >= 11 is 0. The molecule has 4 amide bonds. The van der Waals surface area contributed by atoms with E-state index in [1.807, 2.05) is 0 Å². The molecule has 282 valence electrons. The lowest BCUT2D eigenvalue weighted by atomic mass is 10.1. The molecule has 0 saturated heterocycles. The first-order chi connectivity index (χ1) is 23.1. The molecule has 5 N–H and O–H groups in total. The molecule has 0 aliphatic carbocycles. The third kappa shape index (κ3) is 32.3. The largest absolute Gasteiger partial charge is 0.356 e. The second-order valence-corrected chi connectivity index (χ2v) is 14.7. The Kier molecular flexibility index (Phi) is 30.5. The van der Waals surface area contributed by atoms with Gasteiger partial charge in [0.1, 0.15) is 6.04 Å². The average Bonchev–Trinajstić information content (AvgIpc) is 3.03. The van der Waals surface area contributed by atoms with Crippen molar-refractivity contribution in [2.75, 3.05) is 25.4 Å². The zero-order valence-corrected chi connectivity index (χ0v) is 31.2. The van der Waals surface area contributed by atoms with Crippen LogP contribution in [0.4, 0.5) is 0 Å². The molecule has 12 heteroatoms. The Morgan fingerprint density at radius 3 is 1.38 bits per heavy atom. The number of carbonyl (C=O) groups is 4. The second kappa shape index (κ2) is 32.0. The van der Waals surface area contributed by atoms with Gasteiger partial charge in [0, 0.05) is 38.9 Å². The Bertz CT molecular complexity index is 947. The van der Waals surface area contributed by atoms with Gasteiger partial charge in [0.2, 0.25) is 23.6 Å². The van der Waals surface area contributed by atoms with Gasteiger partial charge in [-0.25, -0.2) is 0 Å². The molecule has 0 heterocycles. The van der Waals surface area contributed by atoms with Crippen LogP contribution in [0.1, 0.15) is 174 Å². The van der Waals surface area contributed by atoms with E-state index in [2.05, 4.69) is 35.1 Å². The van der Waals surface area contributed by atoms with Gasteiger partial charge in [0.15, 0.2) is 0 Å². The molecule has 0 rings (SSSR count). The van der Waals surface area contributed by atoms with Crippen molar-refractivity contribution < 1.29 is 32.1 Å². The van der Waals surface area contributed by atoms with Crippen molar-refractivity contribution in [3.05, 3.63) is 0 Å². The summed E-state index contributed by atoms with van der Waals surface area (Å²) in [6.07, 6.45) is 24.6. The molecule has 0 radical (unpaired) electrons. The van der Waals surface area contributed by atoms with E-state index >= 15 is 0 Å². The molecule has 0 aromatic heterocycles. The van der Waals surface area contributed by atoms with E-state index in [9.17, 15) is 27.6 Å². The van der Waals surface area contributed by atoms with Crippen molar-refractivity contribution in [1.82, 2.24) is 21.3 Å². The number of rotatable bonds is 34. The molecular weight excluding hydrogens is 632 g/mol. The van der Waals surface area contributed by atoms with E-state index in [1.54, 1.807) is 0 Å². The zero-order chi connectivity index (χ0) is 35.7. The molecule has 48 heavy (non-hydrogen) atoms. The normalized spacial score (nSPS) is 12.0. The standard InChI is InChI=1S/C36H70N4O7S/c1-3-5-7-9-11-13-15-17-19-21-28-37-34(42)27-26-32(36(44)39-29-22-20-18-16-14-12-10-8-6-4-2)40-35(43)25-23-24-33(41)38-30-31-48(45,46)47/h32H,3-31H2,1-2H3,(H,37,42)(H,38,41)(H,39,44)(H,40,43)(H,45,46,47)/t32-/m0/s1. The number of nitrogens with one attached hydrogen (secondary N) is 4. The van der Waals surface area contributed by atoms with E-state index in [1.165, 1.54) is 96.3 Å². The molecule has 0 saturated carbocycles. The maximum Gasteiger partial charge on any atom is 0.266 e. The molecule has 0 aliphatic heterocycles. The van der Waals surface area contributed by atoms with Gasteiger partial charge in [0.25, 0.3) is 10.1 Å². The summed E-state index contributed by atoms with van der Waals surface area (Å²) in [6, 6.07) is -0.854. The molecule has 0 bridgehead atoms. The quantitative estimate of drug-likeness (QED) is 0.0376. The van der Waals surface area contributed by atoms with Gasteiger partial charge < -0.3 is 21.3 Å². The van der Waals surface area contributed by atoms with E-state index < -0.39 is 33.7 Å². The van der Waals surface area contributed by atoms with Crippen LogP contribution in [0.15, 0.2) is 0 Å². The summed E-state index contributed by atoms with van der Waals surface area (Å²) in [4.78, 5) is 50.0. The van der Waals surface area contributed by atoms with Crippen LogP contribution in [0.3, 0.4) is 0 Å². The molecule has 0 aliphatic rings. The van der Waals surface area contributed by atoms with Crippen molar-refractivity contribution in [1.29, 1.82) is 0 Å². The highest BCUT2D eigenvalue weighted by molar-refractivity contribution is 7.85. The highest BCUT2D eigenvalue weighted by Gasteiger charge is 2.21. The van der Waals surface area contributed by atoms with Crippen LogP contribution in [0.5, 0.6) is 0 Å². The van der Waals surface area contributed by atoms with Crippen LogP contribution in [-0.2, 0) is 29.3 Å². The molecule has 0 aromatic carbocycles. The van der Waals surface area contributed by atoms with Crippen LogP contribution in [0.25, 0.3) is 0 Å². The minimum Gasteiger partial charge on any atom is -0.356 e. The summed E-state index contributed by atoms with van der Waals surface area (Å²) in [5.41, 5.74) is 0. The third-order valence-electron chi connectivity index (χ3n) is 8.48. The van der Waals surface area contributed by atoms with E-state index in [4.69, 9.17) is 4.55 Å². The average molecular weight is 703 g/mol. The Labute approximate surface area is 292 Å². The number of hydrogen-bond acceptors (Lipinski definition) is 6. The van der Waals surface area contributed by atoms with Gasteiger partial charge >= 0.3 is 0 Å². The van der Waals surface area contributed by atoms with E-state index in [0.29, 0.717) is 13.1 Å². The summed E-state index contributed by atoms with van der Waals surface area (Å²) in [5, 5.41) is 11.0. The van der Waals surface area contributed by atoms with Gasteiger partial charge in [-0.15, -0.1) is 0 Å². The topological polar surface area (TPSA) is 171 Å². The van der Waals surface area contributed by atoms with Crippen LogP contribution in [0, 0.1) is 0 Å². The maximum atomic E-state index is 13.0. The predicted molar refractivity (Wildman–Crippen MR) is 194 cm³/mol. The van der Waals surface area contributed by atoms with Gasteiger partial charge in [0.05, 0.1) is 5.75 Å². The Morgan fingerprint density at radius 1 is 0.500 bits per heavy atom. The lowest BCUT2D eigenvalue weighted by Gasteiger charge is -2.18. The minimum atomic E-state index is -4.17. The van der Waals surface area contributed by atoms with Gasteiger partial charge in [-0.1, -0.05) is 129 Å². The van der Waals surface area contributed by atoms with Crippen LogP contribution in [0.2, 0.25) is 0 Å². The first-order valence-electron chi connectivity index (χ1n) is 19.1. The zero-order valence-electron chi connectivity index (χ0n) is 30.4. The molecule has 0 spiro atoms. The molecule has 0 aromatic rings. The lowest BCUT2D eigenvalue weighted by Crippen LogP contribution is -2.47. The summed E-state index contributed by atoms with van der Waals surface area (Å²) < 4.78 is 30.3. The predicted octanol–water partition coefficient (Wildman–Crippen LogP) is 6.50. The summed E-state index contributed by atoms with van der Waals surface area (Å²) in [6.45, 7) is 5.34. The molecule has 1 atom stereocenters. The highest BCUT2D eigenvalue weighted by Crippen LogP contribution is 2.11. The summed E-state index contributed by atoms with van der Waals surface area (Å²) in [5.74, 6) is -1.87. The Balaban J connectivity index is 4.50. The first kappa shape index (κ1) is 45.8. The molecular formula is C36H70N4O7S. The number of amides is 4. The minimum absolute atomic E-state index is 0.00111. The van der Waals surface area contributed by atoms with Crippen LogP contribution in [-0.4, -0.2) is 68.0 Å². The number of carbonyl (C=O) groups excluding carboxylic acids is 4. The first-order valence-corrected chi connectivity index (χ1v) is 20.8. The maximum absolute atomic E-state index is 13.0. The molecule has 11 nitrogen and oxygen atoms in total. The summed E-state index contributed by atoms with van der Waals surface area (Å²) in [7, 11) is -4.17. The fourth-order valence-corrected chi connectivity index (χ4v) is 5.86. The smallest absolute Gasteiger partial charge is 0.266 e. The third-order valence-corrected chi connectivity index (χ3v) is 9.20. The van der Waals surface area contributed by atoms with Gasteiger partial charge in [-0.2, -0.15) is 8.42 Å². The van der Waals surface area contributed by atoms with E-state index in [-0.39, 0.29) is 50.5 Å². The Morgan fingerprint density at radius 2 is 0.896 bits per heavy atom. The van der Waals surface area contributed by atoms with Gasteiger partial charge in [-0.3, -0.25) is 23.7 Å². The number of hydrogen-bond donors (Lipinski definition) is 5. The van der Waals surface area contributed by atoms with Crippen molar-refractivity contribution in [3.8, 4) is 0 Å². The molecule has 0 unspecified atom stereocenters. The SMILES string of the molecule is CCCCCCCCCCCCNC(=O)CC[C@H](NC(=O)CCCC(=O)NCCS(=O)(=O)O)C(=O)NCCCCCCCCCCCC. The monoisotopic (exact) mass is 702 g/mol. The van der Waals surface area contributed by atoms with Gasteiger partial charge in [-0.05, 0) is 25.7 Å². The van der Waals surface area contributed by atoms with Crippen molar-refractivity contribution in [3.63, 3.8) is 0 Å². The van der Waals surface area contributed by atoms with Crippen molar-refractivity contribution in [2.24, 2.45) is 0 Å².